The summed E-state index contributed by atoms with van der Waals surface area (Å²) in [5.74, 6) is -3.79. The molecule has 0 saturated heterocycles. The van der Waals surface area contributed by atoms with Crippen LogP contribution >= 0.6 is 0 Å². The van der Waals surface area contributed by atoms with Crippen molar-refractivity contribution in [2.45, 2.75) is 80.2 Å². The van der Waals surface area contributed by atoms with Gasteiger partial charge < -0.3 is 25.1 Å². The molecule has 0 bridgehead atoms. The number of carbonyl (C=O) groups excluding carboxylic acids is 3. The number of hydrogen-bond donors (Lipinski definition) is 2. The Morgan fingerprint density at radius 2 is 1.39 bits per heavy atom. The van der Waals surface area contributed by atoms with Crippen LogP contribution < -0.4 is 15.2 Å². The molecule has 1 aromatic rings. The third kappa shape index (κ3) is 9.97. The lowest BCUT2D eigenvalue weighted by Crippen LogP contribution is -2.41. The van der Waals surface area contributed by atoms with E-state index in [-0.39, 0.29) is 42.8 Å². The molecule has 0 spiro atoms. The molecule has 1 rings (SSSR count). The van der Waals surface area contributed by atoms with Gasteiger partial charge in [0, 0.05) is 18.8 Å². The molecule has 9 heteroatoms. The van der Waals surface area contributed by atoms with E-state index in [0.29, 0.717) is 5.56 Å². The van der Waals surface area contributed by atoms with Gasteiger partial charge in [-0.05, 0) is 56.2 Å². The molecule has 0 amide bonds. The van der Waals surface area contributed by atoms with Crippen LogP contribution in [0.5, 0.6) is 11.5 Å². The normalized spacial score (nSPS) is 14.2. The van der Waals surface area contributed by atoms with Crippen molar-refractivity contribution in [3.63, 3.8) is 0 Å². The number of carboxylic acids is 1. The van der Waals surface area contributed by atoms with E-state index in [2.05, 4.69) is 0 Å². The Bertz CT molecular complexity index is 932. The largest absolute Gasteiger partial charge is 0.480 e. The molecular formula is C27H41NO8. The summed E-state index contributed by atoms with van der Waals surface area (Å²) in [4.78, 5) is 48.8. The zero-order valence-corrected chi connectivity index (χ0v) is 22.6. The maximum Gasteiger partial charge on any atom is 0.321 e. The Balaban J connectivity index is 3.39. The zero-order chi connectivity index (χ0) is 27.8. The first kappa shape index (κ1) is 31.1. The molecule has 1 aromatic carbocycles. The summed E-state index contributed by atoms with van der Waals surface area (Å²) in [6.07, 6.45) is 0.310. The van der Waals surface area contributed by atoms with Crippen LogP contribution in [0, 0.1) is 23.2 Å². The van der Waals surface area contributed by atoms with Gasteiger partial charge in [0.15, 0.2) is 11.5 Å². The summed E-state index contributed by atoms with van der Waals surface area (Å²) in [6, 6.07) is 3.17. The molecule has 0 aromatic heterocycles. The van der Waals surface area contributed by atoms with E-state index < -0.39 is 47.2 Å². The number of ether oxygens (including phenoxy) is 3. The number of esters is 3. The smallest absolute Gasteiger partial charge is 0.321 e. The summed E-state index contributed by atoms with van der Waals surface area (Å²) in [7, 11) is 0. The average Bonchev–Trinajstić information content (AvgIpc) is 2.71. The average molecular weight is 508 g/mol. The molecular weight excluding hydrogens is 466 g/mol. The van der Waals surface area contributed by atoms with Crippen molar-refractivity contribution in [2.75, 3.05) is 6.61 Å². The first-order valence-electron chi connectivity index (χ1n) is 12.2. The number of nitrogens with two attached hydrogens (primary N) is 1. The van der Waals surface area contributed by atoms with E-state index in [1.165, 1.54) is 12.1 Å². The van der Waals surface area contributed by atoms with Gasteiger partial charge in [-0.3, -0.25) is 19.2 Å². The number of aliphatic carboxylic acids is 1. The molecule has 0 aliphatic rings. The first-order chi connectivity index (χ1) is 16.5. The maximum atomic E-state index is 12.4. The Labute approximate surface area is 213 Å². The number of rotatable bonds is 12. The molecule has 0 saturated carbocycles. The minimum Gasteiger partial charge on any atom is -0.480 e. The fraction of sp³-hybridized carbons (Fsp3) is 0.630. The molecule has 9 nitrogen and oxygen atoms in total. The lowest BCUT2D eigenvalue weighted by molar-refractivity contribution is -0.154. The van der Waals surface area contributed by atoms with Gasteiger partial charge in [-0.2, -0.15) is 0 Å². The fourth-order valence-electron chi connectivity index (χ4n) is 3.46. The van der Waals surface area contributed by atoms with Gasteiger partial charge in [0.2, 0.25) is 0 Å². The van der Waals surface area contributed by atoms with Crippen molar-refractivity contribution >= 4 is 23.9 Å². The Hall–Kier alpha value is -2.94. The monoisotopic (exact) mass is 507 g/mol. The molecule has 3 atom stereocenters. The van der Waals surface area contributed by atoms with Crippen LogP contribution in [0.25, 0.3) is 0 Å². The van der Waals surface area contributed by atoms with Crippen molar-refractivity contribution in [3.05, 3.63) is 23.8 Å². The third-order valence-corrected chi connectivity index (χ3v) is 5.32. The van der Waals surface area contributed by atoms with E-state index in [9.17, 15) is 24.3 Å². The van der Waals surface area contributed by atoms with Crippen LogP contribution in [-0.4, -0.2) is 41.6 Å². The van der Waals surface area contributed by atoms with E-state index >= 15 is 0 Å². The molecule has 0 aliphatic heterocycles. The van der Waals surface area contributed by atoms with E-state index in [1.54, 1.807) is 33.8 Å². The molecule has 0 heterocycles. The Morgan fingerprint density at radius 1 is 0.889 bits per heavy atom. The molecule has 0 radical (unpaired) electrons. The van der Waals surface area contributed by atoms with Gasteiger partial charge >= 0.3 is 23.9 Å². The number of carbonyl (C=O) groups is 4. The van der Waals surface area contributed by atoms with Gasteiger partial charge in [0.25, 0.3) is 0 Å². The van der Waals surface area contributed by atoms with Gasteiger partial charge in [-0.1, -0.05) is 40.7 Å². The molecule has 3 N–H and O–H groups in total. The van der Waals surface area contributed by atoms with Crippen molar-refractivity contribution in [1.82, 2.24) is 0 Å². The van der Waals surface area contributed by atoms with Crippen LogP contribution in [0.1, 0.15) is 79.7 Å². The second-order valence-corrected chi connectivity index (χ2v) is 11.1. The summed E-state index contributed by atoms with van der Waals surface area (Å²) in [5.41, 5.74) is 5.77. The summed E-state index contributed by atoms with van der Waals surface area (Å²) >= 11 is 0. The van der Waals surface area contributed by atoms with Crippen molar-refractivity contribution < 1.29 is 38.5 Å². The Kier molecular flexibility index (Phi) is 11.6. The lowest BCUT2D eigenvalue weighted by Gasteiger charge is -2.29. The van der Waals surface area contributed by atoms with Gasteiger partial charge in [-0.25, -0.2) is 0 Å². The van der Waals surface area contributed by atoms with Gasteiger partial charge in [0.1, 0.15) is 6.04 Å². The van der Waals surface area contributed by atoms with E-state index in [4.69, 9.17) is 19.9 Å². The highest BCUT2D eigenvalue weighted by Gasteiger charge is 2.33. The van der Waals surface area contributed by atoms with Gasteiger partial charge in [0.05, 0.1) is 12.0 Å². The van der Waals surface area contributed by atoms with Crippen LogP contribution in [0.15, 0.2) is 18.2 Å². The SMILES string of the molecule is CC(C)CC(=O)Oc1ccc(C(C(C)COC(=O)C(C)(C)C)[C@H](N)C(=O)O)cc1OC(=O)CC(C)C. The molecule has 0 aliphatic carbocycles. The van der Waals surface area contributed by atoms with Crippen LogP contribution in [0.4, 0.5) is 0 Å². The summed E-state index contributed by atoms with van der Waals surface area (Å²) < 4.78 is 16.4. The van der Waals surface area contributed by atoms with Crippen LogP contribution in [0.2, 0.25) is 0 Å². The second kappa shape index (κ2) is 13.4. The van der Waals surface area contributed by atoms with E-state index in [1.807, 2.05) is 27.7 Å². The zero-order valence-electron chi connectivity index (χ0n) is 22.6. The highest BCUT2D eigenvalue weighted by atomic mass is 16.6. The Morgan fingerprint density at radius 3 is 1.83 bits per heavy atom. The van der Waals surface area contributed by atoms with Gasteiger partial charge in [-0.15, -0.1) is 0 Å². The number of carboxylic acid groups (broad SMARTS) is 1. The predicted molar refractivity (Wildman–Crippen MR) is 135 cm³/mol. The number of hydrogen-bond acceptors (Lipinski definition) is 8. The lowest BCUT2D eigenvalue weighted by atomic mass is 9.82. The van der Waals surface area contributed by atoms with E-state index in [0.717, 1.165) is 0 Å². The number of benzene rings is 1. The molecule has 0 fully saturated rings. The summed E-state index contributed by atoms with van der Waals surface area (Å²) in [5, 5.41) is 9.65. The fourth-order valence-corrected chi connectivity index (χ4v) is 3.46. The predicted octanol–water partition coefficient (Wildman–Crippen LogP) is 4.31. The minimum atomic E-state index is -1.33. The molecule has 2 unspecified atom stereocenters. The van der Waals surface area contributed by atoms with Crippen molar-refractivity contribution in [1.29, 1.82) is 0 Å². The van der Waals surface area contributed by atoms with Crippen LogP contribution in [-0.2, 0) is 23.9 Å². The summed E-state index contributed by atoms with van der Waals surface area (Å²) in [6.45, 7) is 14.3. The second-order valence-electron chi connectivity index (χ2n) is 11.1. The quantitative estimate of drug-likeness (QED) is 0.312. The highest BCUT2D eigenvalue weighted by molar-refractivity contribution is 5.78. The van der Waals surface area contributed by atoms with Crippen molar-refractivity contribution in [3.8, 4) is 11.5 Å². The highest BCUT2D eigenvalue weighted by Crippen LogP contribution is 2.36. The molecule has 202 valence electrons. The minimum absolute atomic E-state index is 0.00303. The van der Waals surface area contributed by atoms with Crippen LogP contribution in [0.3, 0.4) is 0 Å². The van der Waals surface area contributed by atoms with Crippen molar-refractivity contribution in [2.24, 2.45) is 28.9 Å². The standard InChI is InChI=1S/C27H41NO8/c1-15(2)11-21(29)35-19-10-9-18(13-20(19)36-22(30)12-16(3)4)23(24(28)25(31)32)17(5)14-34-26(33)27(6,7)8/h9-10,13,15-17,23-24H,11-12,14,28H2,1-8H3,(H,31,32)/t17?,23?,24-/m0/s1. The molecule has 36 heavy (non-hydrogen) atoms. The topological polar surface area (TPSA) is 142 Å². The first-order valence-corrected chi connectivity index (χ1v) is 12.2. The maximum absolute atomic E-state index is 12.4. The third-order valence-electron chi connectivity index (χ3n) is 5.32.